The van der Waals surface area contributed by atoms with Crippen LogP contribution in [-0.2, 0) is 10.8 Å². The van der Waals surface area contributed by atoms with Gasteiger partial charge in [0.1, 0.15) is 5.84 Å². The van der Waals surface area contributed by atoms with E-state index in [0.29, 0.717) is 12.3 Å². The molecule has 0 aliphatic rings. The van der Waals surface area contributed by atoms with Gasteiger partial charge in [0.05, 0.1) is 5.92 Å². The van der Waals surface area contributed by atoms with Crippen molar-refractivity contribution in [3.05, 3.63) is 35.9 Å². The normalized spacial score (nSPS) is 16.6. The molecular weight excluding hydrogens is 274 g/mol. The summed E-state index contributed by atoms with van der Waals surface area (Å²) in [5, 5.41) is 15.4. The maximum Gasteiger partial charge on any atom is 0.147 e. The van der Waals surface area contributed by atoms with E-state index in [1.165, 1.54) is 0 Å². The van der Waals surface area contributed by atoms with Crippen LogP contribution in [0.3, 0.4) is 0 Å². The molecule has 3 unspecified atom stereocenters. The minimum atomic E-state index is -0.775. The first kappa shape index (κ1) is 16.7. The van der Waals surface area contributed by atoms with E-state index in [4.69, 9.17) is 10.9 Å². The number of hydrogen-bond acceptors (Lipinski definition) is 4. The molecule has 4 N–H and O–H groups in total. The number of benzene rings is 1. The SMILES string of the molecule is CC(CCS(C)=O)NCC(/C(N)=N/O)c1ccccc1. The van der Waals surface area contributed by atoms with Crippen LogP contribution in [0.15, 0.2) is 35.5 Å². The van der Waals surface area contributed by atoms with Gasteiger partial charge in [0, 0.05) is 35.4 Å². The first-order valence-corrected chi connectivity index (χ1v) is 8.33. The zero-order chi connectivity index (χ0) is 15.0. The van der Waals surface area contributed by atoms with E-state index in [1.54, 1.807) is 6.26 Å². The first-order valence-electron chi connectivity index (χ1n) is 6.60. The molecule has 1 aromatic rings. The van der Waals surface area contributed by atoms with Crippen LogP contribution in [0.4, 0.5) is 0 Å². The number of amidine groups is 1. The summed E-state index contributed by atoms with van der Waals surface area (Å²) >= 11 is 0. The fraction of sp³-hybridized carbons (Fsp3) is 0.500. The number of nitrogens with one attached hydrogen (secondary N) is 1. The number of nitrogens with two attached hydrogens (primary N) is 1. The smallest absolute Gasteiger partial charge is 0.147 e. The van der Waals surface area contributed by atoms with Gasteiger partial charge in [0.15, 0.2) is 0 Å². The predicted octanol–water partition coefficient (Wildman–Crippen LogP) is 1.26. The fourth-order valence-electron chi connectivity index (χ4n) is 1.91. The van der Waals surface area contributed by atoms with Crippen molar-refractivity contribution in [3.8, 4) is 0 Å². The molecule has 5 nitrogen and oxygen atoms in total. The summed E-state index contributed by atoms with van der Waals surface area (Å²) < 4.78 is 11.1. The first-order chi connectivity index (χ1) is 9.54. The Bertz CT molecular complexity index is 451. The van der Waals surface area contributed by atoms with Crippen molar-refractivity contribution in [1.29, 1.82) is 0 Å². The Morgan fingerprint density at radius 3 is 2.65 bits per heavy atom. The third-order valence-electron chi connectivity index (χ3n) is 3.18. The van der Waals surface area contributed by atoms with Gasteiger partial charge in [0.25, 0.3) is 0 Å². The Morgan fingerprint density at radius 1 is 1.45 bits per heavy atom. The summed E-state index contributed by atoms with van der Waals surface area (Å²) in [6.07, 6.45) is 2.54. The zero-order valence-corrected chi connectivity index (χ0v) is 12.8. The van der Waals surface area contributed by atoms with Crippen molar-refractivity contribution in [2.75, 3.05) is 18.6 Å². The quantitative estimate of drug-likeness (QED) is 0.292. The van der Waals surface area contributed by atoms with Crippen LogP contribution in [0.2, 0.25) is 0 Å². The maximum absolute atomic E-state index is 11.1. The number of rotatable bonds is 8. The molecule has 0 spiro atoms. The van der Waals surface area contributed by atoms with Crippen LogP contribution in [0.5, 0.6) is 0 Å². The molecule has 0 saturated heterocycles. The summed E-state index contributed by atoms with van der Waals surface area (Å²) in [5.74, 6) is 0.694. The highest BCUT2D eigenvalue weighted by molar-refractivity contribution is 7.84. The summed E-state index contributed by atoms with van der Waals surface area (Å²) in [6, 6.07) is 9.93. The number of hydrogen-bond donors (Lipinski definition) is 3. The summed E-state index contributed by atoms with van der Waals surface area (Å²) in [7, 11) is -0.775. The Morgan fingerprint density at radius 2 is 2.10 bits per heavy atom. The van der Waals surface area contributed by atoms with E-state index in [-0.39, 0.29) is 17.8 Å². The molecule has 0 radical (unpaired) electrons. The van der Waals surface area contributed by atoms with Crippen molar-refractivity contribution in [2.45, 2.75) is 25.3 Å². The molecule has 0 amide bonds. The highest BCUT2D eigenvalue weighted by Gasteiger charge is 2.17. The average Bonchev–Trinajstić information content (AvgIpc) is 2.46. The molecule has 0 fully saturated rings. The Kier molecular flexibility index (Phi) is 7.25. The Balaban J connectivity index is 2.61. The van der Waals surface area contributed by atoms with E-state index in [0.717, 1.165) is 12.0 Å². The minimum absolute atomic E-state index is 0.171. The van der Waals surface area contributed by atoms with Crippen LogP contribution >= 0.6 is 0 Å². The molecule has 6 heteroatoms. The van der Waals surface area contributed by atoms with Crippen molar-refractivity contribution in [2.24, 2.45) is 10.9 Å². The topological polar surface area (TPSA) is 87.7 Å². The standard InChI is InChI=1S/C14H23N3O2S/c1-11(8-9-20(2)19)16-10-13(14(15)17-18)12-6-4-3-5-7-12/h3-7,11,13,16,18H,8-10H2,1-2H3,(H2,15,17). The molecule has 3 atom stereocenters. The highest BCUT2D eigenvalue weighted by Crippen LogP contribution is 2.15. The molecule has 112 valence electrons. The monoisotopic (exact) mass is 297 g/mol. The third-order valence-corrected chi connectivity index (χ3v) is 3.99. The molecule has 0 bridgehead atoms. The zero-order valence-electron chi connectivity index (χ0n) is 12.0. The van der Waals surface area contributed by atoms with E-state index >= 15 is 0 Å². The lowest BCUT2D eigenvalue weighted by atomic mass is 9.97. The van der Waals surface area contributed by atoms with Gasteiger partial charge in [-0.1, -0.05) is 35.5 Å². The van der Waals surface area contributed by atoms with Crippen LogP contribution in [0, 0.1) is 0 Å². The Labute approximate surface area is 122 Å². The fourth-order valence-corrected chi connectivity index (χ4v) is 2.60. The third kappa shape index (κ3) is 5.71. The second kappa shape index (κ2) is 8.71. The van der Waals surface area contributed by atoms with Gasteiger partial charge in [0.2, 0.25) is 0 Å². The lowest BCUT2D eigenvalue weighted by Gasteiger charge is -2.20. The molecule has 0 saturated carbocycles. The van der Waals surface area contributed by atoms with Gasteiger partial charge in [-0.2, -0.15) is 0 Å². The van der Waals surface area contributed by atoms with Gasteiger partial charge in [-0.3, -0.25) is 4.21 Å². The predicted molar refractivity (Wildman–Crippen MR) is 83.6 cm³/mol. The van der Waals surface area contributed by atoms with E-state index in [9.17, 15) is 4.21 Å². The second-order valence-corrected chi connectivity index (χ2v) is 6.42. The largest absolute Gasteiger partial charge is 0.409 e. The van der Waals surface area contributed by atoms with Crippen molar-refractivity contribution in [3.63, 3.8) is 0 Å². The van der Waals surface area contributed by atoms with Crippen LogP contribution in [-0.4, -0.2) is 39.8 Å². The van der Waals surface area contributed by atoms with E-state index in [2.05, 4.69) is 10.5 Å². The van der Waals surface area contributed by atoms with Crippen molar-refractivity contribution < 1.29 is 9.42 Å². The van der Waals surface area contributed by atoms with Crippen LogP contribution in [0.1, 0.15) is 24.8 Å². The molecule has 0 aliphatic heterocycles. The minimum Gasteiger partial charge on any atom is -0.409 e. The maximum atomic E-state index is 11.1. The van der Waals surface area contributed by atoms with Gasteiger partial charge < -0.3 is 16.3 Å². The summed E-state index contributed by atoms with van der Waals surface area (Å²) in [4.78, 5) is 0. The number of nitrogens with zero attached hydrogens (tertiary/aromatic N) is 1. The summed E-state index contributed by atoms with van der Waals surface area (Å²) in [5.41, 5.74) is 6.77. The Hall–Kier alpha value is -1.40. The lowest BCUT2D eigenvalue weighted by Crippen LogP contribution is -2.36. The molecule has 0 aromatic heterocycles. The van der Waals surface area contributed by atoms with E-state index < -0.39 is 10.8 Å². The van der Waals surface area contributed by atoms with Crippen molar-refractivity contribution in [1.82, 2.24) is 5.32 Å². The molecule has 20 heavy (non-hydrogen) atoms. The molecule has 0 aliphatic carbocycles. The van der Waals surface area contributed by atoms with Gasteiger partial charge in [-0.15, -0.1) is 0 Å². The summed E-state index contributed by atoms with van der Waals surface area (Å²) in [6.45, 7) is 2.62. The highest BCUT2D eigenvalue weighted by atomic mass is 32.2. The van der Waals surface area contributed by atoms with Gasteiger partial charge in [-0.25, -0.2) is 0 Å². The average molecular weight is 297 g/mol. The molecule has 0 heterocycles. The second-order valence-electron chi connectivity index (χ2n) is 4.86. The molecule has 1 rings (SSSR count). The van der Waals surface area contributed by atoms with Crippen LogP contribution < -0.4 is 11.1 Å². The van der Waals surface area contributed by atoms with Crippen LogP contribution in [0.25, 0.3) is 0 Å². The van der Waals surface area contributed by atoms with Crippen molar-refractivity contribution >= 4 is 16.6 Å². The molecule has 1 aromatic carbocycles. The lowest BCUT2D eigenvalue weighted by molar-refractivity contribution is 0.315. The van der Waals surface area contributed by atoms with Gasteiger partial charge >= 0.3 is 0 Å². The molecular formula is C14H23N3O2S. The van der Waals surface area contributed by atoms with Gasteiger partial charge in [-0.05, 0) is 18.9 Å². The number of oxime groups is 1. The van der Waals surface area contributed by atoms with E-state index in [1.807, 2.05) is 37.3 Å².